The van der Waals surface area contributed by atoms with E-state index in [1.54, 1.807) is 0 Å². The Labute approximate surface area is 148 Å². The van der Waals surface area contributed by atoms with Crippen molar-refractivity contribution in [1.29, 1.82) is 0 Å². The zero-order valence-electron chi connectivity index (χ0n) is 14.5. The van der Waals surface area contributed by atoms with Crippen molar-refractivity contribution in [2.24, 2.45) is 0 Å². The Kier molecular flexibility index (Phi) is 5.90. The van der Waals surface area contributed by atoms with Crippen LogP contribution in [0.2, 0.25) is 0 Å². The lowest BCUT2D eigenvalue weighted by Gasteiger charge is -2.20. The summed E-state index contributed by atoms with van der Waals surface area (Å²) in [5.74, 6) is 1.62. The zero-order chi connectivity index (χ0) is 17.5. The molecule has 0 saturated carbocycles. The first-order valence-corrected chi connectivity index (χ1v) is 8.66. The molecule has 132 valence electrons. The van der Waals surface area contributed by atoms with Gasteiger partial charge < -0.3 is 14.8 Å². The van der Waals surface area contributed by atoms with Gasteiger partial charge in [0.05, 0.1) is 6.54 Å². The Hall–Kier alpha value is -2.53. The molecule has 0 saturated heterocycles. The fourth-order valence-corrected chi connectivity index (χ4v) is 2.83. The minimum absolute atomic E-state index is 0.0542. The highest BCUT2D eigenvalue weighted by Gasteiger charge is 2.15. The molecule has 1 aliphatic heterocycles. The topological polar surface area (TPSA) is 50.8 Å². The Morgan fingerprint density at radius 3 is 2.68 bits per heavy atom. The molecule has 0 aromatic heterocycles. The Balaban J connectivity index is 1.45. The smallest absolute Gasteiger partial charge is 0.234 e. The Bertz CT molecular complexity index is 703. The molecule has 1 N–H and O–H groups in total. The van der Waals surface area contributed by atoms with Gasteiger partial charge in [0.15, 0.2) is 11.5 Å². The van der Waals surface area contributed by atoms with E-state index in [0.29, 0.717) is 19.6 Å². The van der Waals surface area contributed by atoms with Crippen LogP contribution in [0.25, 0.3) is 0 Å². The van der Waals surface area contributed by atoms with E-state index in [2.05, 4.69) is 29.3 Å². The third kappa shape index (κ3) is 4.97. The summed E-state index contributed by atoms with van der Waals surface area (Å²) < 4.78 is 10.7. The zero-order valence-corrected chi connectivity index (χ0v) is 14.5. The minimum atomic E-state index is 0.0542. The normalized spacial score (nSPS) is 12.4. The summed E-state index contributed by atoms with van der Waals surface area (Å²) in [6.45, 7) is 4.90. The third-order valence-electron chi connectivity index (χ3n) is 4.24. The van der Waals surface area contributed by atoms with Gasteiger partial charge in [0.1, 0.15) is 0 Å². The molecular formula is C20H24N2O3. The molecule has 0 radical (unpaired) electrons. The fourth-order valence-electron chi connectivity index (χ4n) is 2.83. The number of carbonyl (C=O) groups excluding carboxylic acids is 1. The summed E-state index contributed by atoms with van der Waals surface area (Å²) in [4.78, 5) is 14.3. The molecule has 0 aliphatic carbocycles. The van der Waals surface area contributed by atoms with Crippen molar-refractivity contribution in [2.75, 3.05) is 26.4 Å². The quantitative estimate of drug-likeness (QED) is 0.802. The van der Waals surface area contributed by atoms with Crippen molar-refractivity contribution in [3.63, 3.8) is 0 Å². The van der Waals surface area contributed by atoms with Crippen LogP contribution in [0.3, 0.4) is 0 Å². The molecule has 5 heteroatoms. The number of hydrogen-bond acceptors (Lipinski definition) is 4. The van der Waals surface area contributed by atoms with Crippen molar-refractivity contribution in [3.8, 4) is 11.5 Å². The van der Waals surface area contributed by atoms with Gasteiger partial charge in [-0.2, -0.15) is 0 Å². The molecule has 2 aromatic rings. The number of carbonyl (C=O) groups is 1. The number of hydrogen-bond donors (Lipinski definition) is 1. The van der Waals surface area contributed by atoms with Crippen LogP contribution < -0.4 is 14.8 Å². The molecule has 1 amide bonds. The van der Waals surface area contributed by atoms with Gasteiger partial charge in [0.2, 0.25) is 12.7 Å². The number of benzene rings is 2. The van der Waals surface area contributed by atoms with E-state index in [9.17, 15) is 4.79 Å². The van der Waals surface area contributed by atoms with Crippen LogP contribution in [-0.2, 0) is 17.8 Å². The second-order valence-corrected chi connectivity index (χ2v) is 6.08. The summed E-state index contributed by atoms with van der Waals surface area (Å²) in [6, 6.07) is 16.1. The lowest BCUT2D eigenvalue weighted by molar-refractivity contribution is -0.122. The minimum Gasteiger partial charge on any atom is -0.454 e. The molecule has 0 unspecified atom stereocenters. The van der Waals surface area contributed by atoms with Crippen molar-refractivity contribution >= 4 is 5.91 Å². The highest BCUT2D eigenvalue weighted by molar-refractivity contribution is 5.78. The van der Waals surface area contributed by atoms with Gasteiger partial charge in [0.25, 0.3) is 0 Å². The summed E-state index contributed by atoms with van der Waals surface area (Å²) in [7, 11) is 0. The first-order valence-electron chi connectivity index (χ1n) is 8.66. The molecule has 3 rings (SSSR count). The first kappa shape index (κ1) is 17.3. The van der Waals surface area contributed by atoms with Gasteiger partial charge in [-0.25, -0.2) is 0 Å². The number of amides is 1. The monoisotopic (exact) mass is 340 g/mol. The van der Waals surface area contributed by atoms with Gasteiger partial charge in [0, 0.05) is 13.1 Å². The maximum absolute atomic E-state index is 12.2. The highest BCUT2D eigenvalue weighted by Crippen LogP contribution is 2.32. The maximum Gasteiger partial charge on any atom is 0.234 e. The number of fused-ring (bicyclic) bond motifs is 1. The molecule has 0 bridgehead atoms. The number of rotatable bonds is 8. The summed E-state index contributed by atoms with van der Waals surface area (Å²) in [6.07, 6.45) is 0.848. The molecule has 1 heterocycles. The maximum atomic E-state index is 12.2. The van der Waals surface area contributed by atoms with E-state index in [4.69, 9.17) is 9.47 Å². The molecule has 1 aliphatic rings. The predicted octanol–water partition coefficient (Wildman–Crippen LogP) is 2.60. The van der Waals surface area contributed by atoms with Crippen LogP contribution in [0.5, 0.6) is 11.5 Å². The van der Waals surface area contributed by atoms with Crippen molar-refractivity contribution < 1.29 is 14.3 Å². The SMILES string of the molecule is CCN(CC(=O)NCCc1ccccc1)Cc1ccc2c(c1)OCO2. The van der Waals surface area contributed by atoms with Crippen LogP contribution in [-0.4, -0.2) is 37.2 Å². The summed E-state index contributed by atoms with van der Waals surface area (Å²) in [5.41, 5.74) is 2.35. The molecule has 0 atom stereocenters. The second-order valence-electron chi connectivity index (χ2n) is 6.08. The second kappa shape index (κ2) is 8.53. The molecular weight excluding hydrogens is 316 g/mol. The van der Waals surface area contributed by atoms with Crippen molar-refractivity contribution in [2.45, 2.75) is 19.9 Å². The summed E-state index contributed by atoms with van der Waals surface area (Å²) in [5, 5.41) is 3.00. The van der Waals surface area contributed by atoms with Gasteiger partial charge in [-0.3, -0.25) is 9.69 Å². The van der Waals surface area contributed by atoms with Crippen LogP contribution in [0, 0.1) is 0 Å². The summed E-state index contributed by atoms with van der Waals surface area (Å²) >= 11 is 0. The lowest BCUT2D eigenvalue weighted by Crippen LogP contribution is -2.37. The fraction of sp³-hybridized carbons (Fsp3) is 0.350. The van der Waals surface area contributed by atoms with Crippen LogP contribution in [0.1, 0.15) is 18.1 Å². The molecule has 2 aromatic carbocycles. The van der Waals surface area contributed by atoms with E-state index in [0.717, 1.165) is 30.0 Å². The van der Waals surface area contributed by atoms with Gasteiger partial charge >= 0.3 is 0 Å². The largest absolute Gasteiger partial charge is 0.454 e. The average molecular weight is 340 g/mol. The standard InChI is InChI=1S/C20H24N2O3/c1-2-22(13-17-8-9-18-19(12-17)25-15-24-18)14-20(23)21-11-10-16-6-4-3-5-7-16/h3-9,12H,2,10-11,13-15H2,1H3,(H,21,23). The van der Waals surface area contributed by atoms with Crippen LogP contribution in [0.4, 0.5) is 0 Å². The third-order valence-corrected chi connectivity index (χ3v) is 4.24. The average Bonchev–Trinajstić information content (AvgIpc) is 3.10. The number of likely N-dealkylation sites (N-methyl/N-ethyl adjacent to an activating group) is 1. The Morgan fingerprint density at radius 2 is 1.88 bits per heavy atom. The molecule has 5 nitrogen and oxygen atoms in total. The molecule has 0 spiro atoms. The van der Waals surface area contributed by atoms with Gasteiger partial charge in [-0.05, 0) is 36.2 Å². The highest BCUT2D eigenvalue weighted by atomic mass is 16.7. The van der Waals surface area contributed by atoms with Crippen LogP contribution in [0.15, 0.2) is 48.5 Å². The van der Waals surface area contributed by atoms with E-state index in [1.807, 2.05) is 36.4 Å². The van der Waals surface area contributed by atoms with Crippen molar-refractivity contribution in [3.05, 3.63) is 59.7 Å². The van der Waals surface area contributed by atoms with Crippen molar-refractivity contribution in [1.82, 2.24) is 10.2 Å². The number of nitrogens with one attached hydrogen (secondary N) is 1. The number of nitrogens with zero attached hydrogens (tertiary/aromatic N) is 1. The Morgan fingerprint density at radius 1 is 1.08 bits per heavy atom. The predicted molar refractivity (Wildman–Crippen MR) is 96.7 cm³/mol. The molecule has 25 heavy (non-hydrogen) atoms. The van der Waals surface area contributed by atoms with E-state index in [-0.39, 0.29) is 12.7 Å². The lowest BCUT2D eigenvalue weighted by atomic mass is 10.1. The number of ether oxygens (including phenoxy) is 2. The van der Waals surface area contributed by atoms with Crippen LogP contribution >= 0.6 is 0 Å². The molecule has 0 fully saturated rings. The van der Waals surface area contributed by atoms with Gasteiger partial charge in [-0.15, -0.1) is 0 Å². The van der Waals surface area contributed by atoms with Gasteiger partial charge in [-0.1, -0.05) is 43.3 Å². The van der Waals surface area contributed by atoms with E-state index >= 15 is 0 Å². The first-order chi connectivity index (χ1) is 12.2. The van der Waals surface area contributed by atoms with E-state index < -0.39 is 0 Å². The van der Waals surface area contributed by atoms with E-state index in [1.165, 1.54) is 5.56 Å².